The number of likely N-dealkylation sites (N-methyl/N-ethyl adjacent to an activating group) is 1. The molecule has 41 heavy (non-hydrogen) atoms. The Morgan fingerprint density at radius 3 is 2.41 bits per heavy atom. The van der Waals surface area contributed by atoms with Crippen LogP contribution in [0.2, 0.25) is 0 Å². The van der Waals surface area contributed by atoms with Crippen LogP contribution in [0.3, 0.4) is 0 Å². The third kappa shape index (κ3) is 5.89. The smallest absolute Gasteiger partial charge is 0.188 e. The number of piperazine rings is 2. The van der Waals surface area contributed by atoms with E-state index in [1.165, 1.54) is 11.1 Å². The van der Waals surface area contributed by atoms with Gasteiger partial charge in [-0.25, -0.2) is 0 Å². The van der Waals surface area contributed by atoms with Gasteiger partial charge in [-0.1, -0.05) is 47.1 Å². The summed E-state index contributed by atoms with van der Waals surface area (Å²) in [6.45, 7) is 12.6. The van der Waals surface area contributed by atoms with E-state index < -0.39 is 0 Å². The van der Waals surface area contributed by atoms with Crippen molar-refractivity contribution in [1.29, 1.82) is 0 Å². The van der Waals surface area contributed by atoms with Gasteiger partial charge < -0.3 is 28.8 Å². The van der Waals surface area contributed by atoms with Gasteiger partial charge in [-0.15, -0.1) is 0 Å². The van der Waals surface area contributed by atoms with Gasteiger partial charge in [0.2, 0.25) is 0 Å². The summed E-state index contributed by atoms with van der Waals surface area (Å²) in [7, 11) is 5.54. The molecule has 0 saturated carbocycles. The van der Waals surface area contributed by atoms with Gasteiger partial charge in [-0.3, -0.25) is 9.80 Å². The molecule has 2 unspecified atom stereocenters. The van der Waals surface area contributed by atoms with E-state index >= 15 is 0 Å². The second-order valence-corrected chi connectivity index (χ2v) is 11.6. The summed E-state index contributed by atoms with van der Waals surface area (Å²) in [5.74, 6) is 2.34. The number of benzene rings is 2. The van der Waals surface area contributed by atoms with Crippen LogP contribution in [0.5, 0.6) is 17.2 Å². The Morgan fingerprint density at radius 2 is 1.71 bits per heavy atom. The van der Waals surface area contributed by atoms with Crippen molar-refractivity contribution in [2.45, 2.75) is 13.0 Å². The summed E-state index contributed by atoms with van der Waals surface area (Å²) >= 11 is 0. The molecule has 220 valence electrons. The van der Waals surface area contributed by atoms with Gasteiger partial charge in [0.15, 0.2) is 23.4 Å². The number of fused-ring (bicyclic) bond motifs is 3. The number of ether oxygens (including phenoxy) is 3. The molecule has 0 N–H and O–H groups in total. The van der Waals surface area contributed by atoms with E-state index in [2.05, 4.69) is 75.1 Å². The van der Waals surface area contributed by atoms with Crippen LogP contribution in [0.1, 0.15) is 18.1 Å². The van der Waals surface area contributed by atoms with Gasteiger partial charge >= 0.3 is 0 Å². The van der Waals surface area contributed by atoms with E-state index in [9.17, 15) is 0 Å². The maximum absolute atomic E-state index is 6.53. The lowest BCUT2D eigenvalue weighted by molar-refractivity contribution is 0.0101. The lowest BCUT2D eigenvalue weighted by Crippen LogP contribution is -2.50. The summed E-state index contributed by atoms with van der Waals surface area (Å²) in [6, 6.07) is 12.6. The lowest BCUT2D eigenvalue weighted by Gasteiger charge is -2.38. The highest BCUT2D eigenvalue weighted by molar-refractivity contribution is 6.08. The first-order valence-corrected chi connectivity index (χ1v) is 14.8. The maximum atomic E-state index is 6.53. The van der Waals surface area contributed by atoms with Gasteiger partial charge in [-0.2, -0.15) is 0 Å². The van der Waals surface area contributed by atoms with Crippen molar-refractivity contribution in [1.82, 2.24) is 14.7 Å². The molecule has 2 fully saturated rings. The fourth-order valence-corrected chi connectivity index (χ4v) is 6.44. The van der Waals surface area contributed by atoms with Crippen LogP contribution in [0.4, 0.5) is 5.69 Å². The zero-order valence-electron chi connectivity index (χ0n) is 24.8. The third-order valence-electron chi connectivity index (χ3n) is 8.78. The first kappa shape index (κ1) is 27.9. The zero-order valence-corrected chi connectivity index (χ0v) is 24.8. The first-order valence-electron chi connectivity index (χ1n) is 14.8. The van der Waals surface area contributed by atoms with Crippen molar-refractivity contribution in [3.63, 3.8) is 0 Å². The quantitative estimate of drug-likeness (QED) is 0.487. The molecule has 4 aliphatic heterocycles. The summed E-state index contributed by atoms with van der Waals surface area (Å²) in [5, 5.41) is 4.64. The Morgan fingerprint density at radius 1 is 0.976 bits per heavy atom. The van der Waals surface area contributed by atoms with Gasteiger partial charge in [0.05, 0.1) is 20.1 Å². The van der Waals surface area contributed by atoms with Crippen LogP contribution in [-0.4, -0.2) is 120 Å². The van der Waals surface area contributed by atoms with Gasteiger partial charge in [0.1, 0.15) is 18.0 Å². The van der Waals surface area contributed by atoms with Crippen LogP contribution >= 0.6 is 0 Å². The summed E-state index contributed by atoms with van der Waals surface area (Å²) in [6.07, 6.45) is 2.27. The highest BCUT2D eigenvalue weighted by Crippen LogP contribution is 2.50. The molecule has 2 aromatic carbocycles. The van der Waals surface area contributed by atoms with E-state index in [1.54, 1.807) is 14.2 Å². The van der Waals surface area contributed by atoms with Crippen LogP contribution in [0, 0.1) is 5.92 Å². The van der Waals surface area contributed by atoms with Crippen molar-refractivity contribution in [3.05, 3.63) is 53.1 Å². The lowest BCUT2D eigenvalue weighted by atomic mass is 9.89. The number of nitrogens with zero attached hydrogens (tertiary/aromatic N) is 5. The fourth-order valence-electron chi connectivity index (χ4n) is 6.44. The van der Waals surface area contributed by atoms with Crippen molar-refractivity contribution in [3.8, 4) is 17.2 Å². The number of oxime groups is 1. The van der Waals surface area contributed by atoms with Gasteiger partial charge in [0, 0.05) is 71.0 Å². The molecule has 0 radical (unpaired) electrons. The third-order valence-corrected chi connectivity index (χ3v) is 8.78. The van der Waals surface area contributed by atoms with Crippen molar-refractivity contribution in [2.24, 2.45) is 11.1 Å². The minimum absolute atomic E-state index is 0.0235. The summed E-state index contributed by atoms with van der Waals surface area (Å²) in [5.41, 5.74) is 5.55. The van der Waals surface area contributed by atoms with Crippen LogP contribution in [0.15, 0.2) is 47.1 Å². The molecule has 0 spiro atoms. The van der Waals surface area contributed by atoms with Crippen molar-refractivity contribution >= 4 is 17.5 Å². The Hall–Kier alpha value is -3.27. The predicted octanol–water partition coefficient (Wildman–Crippen LogP) is 3.29. The molecule has 2 aromatic rings. The molecular weight excluding hydrogens is 518 g/mol. The topological polar surface area (TPSA) is 62.2 Å². The fraction of sp³-hybridized carbons (Fsp3) is 0.531. The highest BCUT2D eigenvalue weighted by Gasteiger charge is 2.43. The molecule has 9 heteroatoms. The van der Waals surface area contributed by atoms with Crippen LogP contribution < -0.4 is 19.1 Å². The summed E-state index contributed by atoms with van der Waals surface area (Å²) in [4.78, 5) is 15.8. The average Bonchev–Trinajstić information content (AvgIpc) is 3.41. The maximum Gasteiger partial charge on any atom is 0.188 e. The molecule has 0 aromatic heterocycles. The minimum Gasteiger partial charge on any atom is -0.493 e. The monoisotopic (exact) mass is 561 g/mol. The molecule has 4 aliphatic rings. The standard InChI is InChI=1S/C32H43N5O4/c1-23(18-24-8-6-5-7-9-24)20-35-12-14-36(15-13-35)21-28-26-22-40-31-25(29(26)33-41-28)19-27(38-3)32(39-4)30(31)37-16-10-34(2)11-17-37/h5-9,18-19,26,28H,10-17,20-22H2,1-4H3/b23-18+. The van der Waals surface area contributed by atoms with Crippen molar-refractivity contribution < 1.29 is 19.0 Å². The number of anilines is 1. The molecule has 9 nitrogen and oxygen atoms in total. The second-order valence-electron chi connectivity index (χ2n) is 11.6. The highest BCUT2D eigenvalue weighted by atomic mass is 16.6. The van der Waals surface area contributed by atoms with E-state index in [4.69, 9.17) is 19.0 Å². The zero-order chi connectivity index (χ0) is 28.3. The SMILES string of the molecule is COc1cc2c(c(N3CCN(C)CC3)c1OC)OCC1C2=NOC1CN1CCN(C/C(C)=C/c2ccccc2)CC1. The van der Waals surface area contributed by atoms with Gasteiger partial charge in [-0.05, 0) is 25.6 Å². The number of methoxy groups -OCH3 is 2. The molecule has 4 heterocycles. The van der Waals surface area contributed by atoms with Crippen LogP contribution in [-0.2, 0) is 4.84 Å². The Balaban J connectivity index is 1.11. The number of hydrogen-bond acceptors (Lipinski definition) is 9. The number of rotatable bonds is 8. The molecule has 0 bridgehead atoms. The van der Waals surface area contributed by atoms with E-state index in [0.717, 1.165) is 93.9 Å². The van der Waals surface area contributed by atoms with Crippen molar-refractivity contribution in [2.75, 3.05) is 98.2 Å². The molecular formula is C32H43N5O4. The number of hydrogen-bond donors (Lipinski definition) is 0. The van der Waals surface area contributed by atoms with E-state index in [0.29, 0.717) is 12.4 Å². The van der Waals surface area contributed by atoms with Gasteiger partial charge in [0.25, 0.3) is 0 Å². The normalized spacial score (nSPS) is 23.8. The average molecular weight is 562 g/mol. The first-order chi connectivity index (χ1) is 20.0. The Labute approximate surface area is 243 Å². The Kier molecular flexibility index (Phi) is 8.37. The summed E-state index contributed by atoms with van der Waals surface area (Å²) < 4.78 is 18.2. The van der Waals surface area contributed by atoms with Crippen LogP contribution in [0.25, 0.3) is 6.08 Å². The Bertz CT molecular complexity index is 1270. The molecule has 0 aliphatic carbocycles. The largest absolute Gasteiger partial charge is 0.493 e. The second kappa shape index (κ2) is 12.3. The molecule has 0 amide bonds. The molecule has 2 saturated heterocycles. The predicted molar refractivity (Wildman–Crippen MR) is 163 cm³/mol. The van der Waals surface area contributed by atoms with E-state index in [-0.39, 0.29) is 12.0 Å². The molecule has 6 rings (SSSR count). The molecule has 2 atom stereocenters. The minimum atomic E-state index is -0.0235. The van der Waals surface area contributed by atoms with E-state index in [1.807, 2.05) is 6.07 Å².